The number of hydrogen-bond donors (Lipinski definition) is 0. The maximum absolute atomic E-state index is 6.69. The van der Waals surface area contributed by atoms with E-state index in [0.29, 0.717) is 0 Å². The fraction of sp³-hybridized carbons (Fsp3) is 0.429. The lowest BCUT2D eigenvalue weighted by Crippen LogP contribution is -2.33. The van der Waals surface area contributed by atoms with Gasteiger partial charge >= 0.3 is 0 Å². The average Bonchev–Trinajstić information content (AvgIpc) is 3.64. The highest BCUT2D eigenvalue weighted by Crippen LogP contribution is 2.30. The van der Waals surface area contributed by atoms with Crippen LogP contribution in [0.1, 0.15) is 44.5 Å². The van der Waals surface area contributed by atoms with Crippen LogP contribution in [0.4, 0.5) is 0 Å². The van der Waals surface area contributed by atoms with Crippen LogP contribution < -0.4 is 0 Å². The van der Waals surface area contributed by atoms with Crippen LogP contribution in [-0.2, 0) is 27.1 Å². The fourth-order valence-corrected chi connectivity index (χ4v) is 4.35. The van der Waals surface area contributed by atoms with Gasteiger partial charge in [-0.1, -0.05) is 49.6 Å². The number of rotatable bonds is 10. The topological polar surface area (TPSA) is 34.3 Å². The smallest absolute Gasteiger partial charge is 0.107 e. The molecule has 4 unspecified atom stereocenters. The van der Waals surface area contributed by atoms with Crippen molar-refractivity contribution in [1.82, 2.24) is 0 Å². The van der Waals surface area contributed by atoms with Crippen molar-refractivity contribution in [1.29, 1.82) is 0 Å². The third kappa shape index (κ3) is 5.17. The monoisotopic (exact) mass is 418 g/mol. The van der Waals surface area contributed by atoms with Crippen molar-refractivity contribution in [3.63, 3.8) is 0 Å². The Balaban J connectivity index is 1.53. The van der Waals surface area contributed by atoms with Gasteiger partial charge in [0.2, 0.25) is 0 Å². The minimum atomic E-state index is 0.0272. The molecule has 3 heteroatoms. The van der Waals surface area contributed by atoms with E-state index in [1.807, 2.05) is 12.2 Å². The van der Waals surface area contributed by atoms with Gasteiger partial charge in [0, 0.05) is 12.8 Å². The Labute approximate surface area is 186 Å². The van der Waals surface area contributed by atoms with E-state index in [0.717, 1.165) is 26.1 Å². The molecule has 2 aliphatic heterocycles. The normalized spacial score (nSPS) is 21.4. The largest absolute Gasteiger partial charge is 0.370 e. The number of benzene rings is 2. The van der Waals surface area contributed by atoms with Gasteiger partial charge in [0.05, 0.1) is 25.4 Å². The molecule has 0 aliphatic carbocycles. The molecule has 2 fully saturated rings. The molecule has 0 N–H and O–H groups in total. The predicted molar refractivity (Wildman–Crippen MR) is 128 cm³/mol. The molecule has 2 aliphatic rings. The summed E-state index contributed by atoms with van der Waals surface area (Å²) in [5.41, 5.74) is 10.1. The van der Waals surface area contributed by atoms with Gasteiger partial charge in [0.25, 0.3) is 0 Å². The van der Waals surface area contributed by atoms with Crippen LogP contribution in [0, 0.1) is 27.7 Å². The maximum Gasteiger partial charge on any atom is 0.107 e. The summed E-state index contributed by atoms with van der Waals surface area (Å²) in [5.74, 6) is 0. The van der Waals surface area contributed by atoms with E-state index in [9.17, 15) is 0 Å². The molecule has 0 saturated carbocycles. The second kappa shape index (κ2) is 9.12. The van der Waals surface area contributed by atoms with Crippen LogP contribution in [0.2, 0.25) is 0 Å². The lowest BCUT2D eigenvalue weighted by molar-refractivity contribution is -0.0369. The zero-order valence-corrected chi connectivity index (χ0v) is 19.2. The lowest BCUT2D eigenvalue weighted by Gasteiger charge is -2.24. The van der Waals surface area contributed by atoms with E-state index in [1.54, 1.807) is 0 Å². The molecule has 164 valence electrons. The molecule has 0 bridgehead atoms. The first-order valence-corrected chi connectivity index (χ1v) is 11.2. The Kier molecular flexibility index (Phi) is 6.47. The van der Waals surface area contributed by atoms with Crippen LogP contribution in [0.3, 0.4) is 0 Å². The van der Waals surface area contributed by atoms with Crippen LogP contribution in [-0.4, -0.2) is 37.6 Å². The van der Waals surface area contributed by atoms with Crippen LogP contribution >= 0.6 is 0 Å². The summed E-state index contributed by atoms with van der Waals surface area (Å²) >= 11 is 0. The molecule has 0 spiro atoms. The van der Waals surface area contributed by atoms with E-state index in [1.165, 1.54) is 44.5 Å². The molecular formula is C28H34O3. The molecule has 2 saturated heterocycles. The van der Waals surface area contributed by atoms with Crippen molar-refractivity contribution in [2.24, 2.45) is 0 Å². The van der Waals surface area contributed by atoms with Gasteiger partial charge in [-0.3, -0.25) is 0 Å². The molecule has 2 aromatic carbocycles. The SMILES string of the molecule is C=Cc1cc(CC(OC(Cc2cc(C)c(C)c(C=C)c2)C2CO2)C2CO2)cc(C)c1C. The minimum absolute atomic E-state index is 0.0272. The highest BCUT2D eigenvalue weighted by atomic mass is 16.6. The highest BCUT2D eigenvalue weighted by molar-refractivity contribution is 5.56. The summed E-state index contributed by atoms with van der Waals surface area (Å²) < 4.78 is 18.0. The number of hydrogen-bond acceptors (Lipinski definition) is 3. The molecular weight excluding hydrogens is 384 g/mol. The second-order valence-corrected chi connectivity index (χ2v) is 9.03. The first kappa shape index (κ1) is 22.0. The summed E-state index contributed by atoms with van der Waals surface area (Å²) in [7, 11) is 0. The molecule has 3 nitrogen and oxygen atoms in total. The molecule has 2 aromatic rings. The molecule has 4 rings (SSSR count). The predicted octanol–water partition coefficient (Wildman–Crippen LogP) is 5.54. The second-order valence-electron chi connectivity index (χ2n) is 9.03. The van der Waals surface area contributed by atoms with E-state index < -0.39 is 0 Å². The van der Waals surface area contributed by atoms with Crippen molar-refractivity contribution in [2.45, 2.75) is 65.0 Å². The van der Waals surface area contributed by atoms with Crippen LogP contribution in [0.15, 0.2) is 37.4 Å². The van der Waals surface area contributed by atoms with Crippen molar-refractivity contribution < 1.29 is 14.2 Å². The van der Waals surface area contributed by atoms with Crippen molar-refractivity contribution in [3.8, 4) is 0 Å². The van der Waals surface area contributed by atoms with Crippen molar-refractivity contribution in [3.05, 3.63) is 81.9 Å². The Morgan fingerprint density at radius 2 is 1.19 bits per heavy atom. The zero-order valence-electron chi connectivity index (χ0n) is 19.2. The van der Waals surface area contributed by atoms with Crippen molar-refractivity contribution in [2.75, 3.05) is 13.2 Å². The first-order chi connectivity index (χ1) is 14.9. The molecule has 0 radical (unpaired) electrons. The van der Waals surface area contributed by atoms with E-state index >= 15 is 0 Å². The molecule has 0 amide bonds. The fourth-order valence-electron chi connectivity index (χ4n) is 4.35. The van der Waals surface area contributed by atoms with Gasteiger partial charge in [-0.05, 0) is 72.2 Å². The Hall–Kier alpha value is -2.20. The van der Waals surface area contributed by atoms with Gasteiger partial charge in [-0.15, -0.1) is 0 Å². The van der Waals surface area contributed by atoms with Gasteiger partial charge in [-0.2, -0.15) is 0 Å². The third-order valence-corrected chi connectivity index (χ3v) is 6.75. The minimum Gasteiger partial charge on any atom is -0.370 e. The first-order valence-electron chi connectivity index (χ1n) is 11.2. The standard InChI is InChI=1S/C28H34O3/c1-7-23-11-21(9-17(3)19(23)5)13-25(27-15-29-27)31-26(28-16-30-28)14-22-10-18(4)20(6)24(8-2)12-22/h7-12,25-28H,1-2,13-16H2,3-6H3. The summed E-state index contributed by atoms with van der Waals surface area (Å²) in [5, 5.41) is 0. The quantitative estimate of drug-likeness (QED) is 0.475. The van der Waals surface area contributed by atoms with Crippen LogP contribution in [0.25, 0.3) is 12.2 Å². The van der Waals surface area contributed by atoms with Gasteiger partial charge in [0.1, 0.15) is 12.2 Å². The van der Waals surface area contributed by atoms with Gasteiger partial charge in [0.15, 0.2) is 0 Å². The van der Waals surface area contributed by atoms with Gasteiger partial charge < -0.3 is 14.2 Å². The Morgan fingerprint density at radius 1 is 0.806 bits per heavy atom. The Bertz CT molecular complexity index is 903. The Morgan fingerprint density at radius 3 is 1.52 bits per heavy atom. The number of aryl methyl sites for hydroxylation is 2. The molecule has 2 heterocycles. The summed E-state index contributed by atoms with van der Waals surface area (Å²) in [6.45, 7) is 18.1. The molecule has 0 aromatic heterocycles. The average molecular weight is 419 g/mol. The zero-order chi connectivity index (χ0) is 22.1. The van der Waals surface area contributed by atoms with Crippen molar-refractivity contribution >= 4 is 12.2 Å². The van der Waals surface area contributed by atoms with Gasteiger partial charge in [-0.25, -0.2) is 0 Å². The van der Waals surface area contributed by atoms with E-state index in [4.69, 9.17) is 14.2 Å². The number of epoxide rings is 2. The highest BCUT2D eigenvalue weighted by Gasteiger charge is 2.40. The number of ether oxygens (including phenoxy) is 3. The third-order valence-electron chi connectivity index (χ3n) is 6.75. The summed E-state index contributed by atoms with van der Waals surface area (Å²) in [6, 6.07) is 9.00. The lowest BCUT2D eigenvalue weighted by atomic mass is 9.95. The van der Waals surface area contributed by atoms with Crippen LogP contribution in [0.5, 0.6) is 0 Å². The summed E-state index contributed by atoms with van der Waals surface area (Å²) in [6.07, 6.45) is 5.93. The summed E-state index contributed by atoms with van der Waals surface area (Å²) in [4.78, 5) is 0. The van der Waals surface area contributed by atoms with E-state index in [2.05, 4.69) is 65.1 Å². The molecule has 31 heavy (non-hydrogen) atoms. The maximum atomic E-state index is 6.69. The van der Waals surface area contributed by atoms with E-state index in [-0.39, 0.29) is 24.4 Å². The molecule has 4 atom stereocenters.